The first kappa shape index (κ1) is 17.6. The quantitative estimate of drug-likeness (QED) is 0.887. The van der Waals surface area contributed by atoms with Crippen LogP contribution in [-0.2, 0) is 11.2 Å². The Morgan fingerprint density at radius 2 is 1.88 bits per heavy atom. The molecule has 2 N–H and O–H groups in total. The number of methoxy groups -OCH3 is 2. The summed E-state index contributed by atoms with van der Waals surface area (Å²) in [5.74, 6) is 2.26. The number of fused-ring (bicyclic) bond motifs is 3. The fourth-order valence-corrected chi connectivity index (χ4v) is 4.93. The van der Waals surface area contributed by atoms with Crippen LogP contribution in [0.15, 0.2) is 12.1 Å². The number of hydrogen-bond acceptors (Lipinski definition) is 5. The molecule has 1 unspecified atom stereocenters. The average Bonchev–Trinajstić information content (AvgIpc) is 2.97. The third-order valence-corrected chi connectivity index (χ3v) is 6.28. The Bertz CT molecular complexity index is 708. The summed E-state index contributed by atoms with van der Waals surface area (Å²) in [6, 6.07) is 4.64. The van der Waals surface area contributed by atoms with Crippen molar-refractivity contribution in [1.29, 1.82) is 0 Å². The van der Waals surface area contributed by atoms with E-state index in [0.29, 0.717) is 18.4 Å². The van der Waals surface area contributed by atoms with Crippen molar-refractivity contribution >= 4 is 5.91 Å². The van der Waals surface area contributed by atoms with Crippen LogP contribution in [0, 0.1) is 5.92 Å². The Kier molecular flexibility index (Phi) is 4.57. The smallest absolute Gasteiger partial charge is 0.223 e. The van der Waals surface area contributed by atoms with E-state index in [1.54, 1.807) is 14.2 Å². The summed E-state index contributed by atoms with van der Waals surface area (Å²) in [4.78, 5) is 16.9. The monoisotopic (exact) mass is 359 g/mol. The molecule has 3 heterocycles. The van der Waals surface area contributed by atoms with Gasteiger partial charge in [-0.15, -0.1) is 0 Å². The van der Waals surface area contributed by atoms with E-state index in [4.69, 9.17) is 15.2 Å². The van der Waals surface area contributed by atoms with Crippen LogP contribution in [0.1, 0.15) is 36.9 Å². The summed E-state index contributed by atoms with van der Waals surface area (Å²) in [6.07, 6.45) is 2.51. The van der Waals surface area contributed by atoms with Crippen molar-refractivity contribution in [2.45, 2.75) is 44.3 Å². The molecule has 0 saturated carbocycles. The maximum Gasteiger partial charge on any atom is 0.223 e. The van der Waals surface area contributed by atoms with Gasteiger partial charge in [0.25, 0.3) is 0 Å². The molecule has 6 nitrogen and oxygen atoms in total. The van der Waals surface area contributed by atoms with E-state index in [2.05, 4.69) is 24.0 Å². The molecule has 4 atom stereocenters. The van der Waals surface area contributed by atoms with E-state index in [1.165, 1.54) is 11.1 Å². The van der Waals surface area contributed by atoms with Gasteiger partial charge >= 0.3 is 0 Å². The molecule has 2 saturated heterocycles. The zero-order chi connectivity index (χ0) is 18.4. The van der Waals surface area contributed by atoms with Gasteiger partial charge in [0.05, 0.1) is 20.3 Å². The van der Waals surface area contributed by atoms with Crippen molar-refractivity contribution < 1.29 is 14.3 Å². The predicted molar refractivity (Wildman–Crippen MR) is 99.4 cm³/mol. The molecule has 0 aromatic heterocycles. The summed E-state index contributed by atoms with van der Waals surface area (Å²) in [5.41, 5.74) is 9.20. The van der Waals surface area contributed by atoms with E-state index < -0.39 is 0 Å². The molecule has 1 aromatic carbocycles. The summed E-state index contributed by atoms with van der Waals surface area (Å²) < 4.78 is 11.0. The fraction of sp³-hybridized carbons (Fsp3) is 0.650. The molecule has 4 rings (SSSR count). The first-order chi connectivity index (χ1) is 12.5. The third-order valence-electron chi connectivity index (χ3n) is 6.28. The maximum absolute atomic E-state index is 12.4. The molecule has 0 radical (unpaired) electrons. The third kappa shape index (κ3) is 2.85. The lowest BCUT2D eigenvalue weighted by Crippen LogP contribution is -2.60. The molecule has 1 amide bonds. The van der Waals surface area contributed by atoms with Gasteiger partial charge in [-0.1, -0.05) is 6.92 Å². The summed E-state index contributed by atoms with van der Waals surface area (Å²) in [5, 5.41) is 0. The van der Waals surface area contributed by atoms with E-state index in [1.807, 2.05) is 4.90 Å². The lowest BCUT2D eigenvalue weighted by Gasteiger charge is -2.48. The molecule has 6 heteroatoms. The minimum absolute atomic E-state index is 0.00421. The number of nitrogens with two attached hydrogens (primary N) is 1. The highest BCUT2D eigenvalue weighted by Crippen LogP contribution is 2.42. The SMILES string of the molecule is COc1cc2c(cc1OC)[C@@H]1C[C@H](N)[C@@H](N3CC(C)CC3=O)CN1CC2. The highest BCUT2D eigenvalue weighted by molar-refractivity contribution is 5.79. The summed E-state index contributed by atoms with van der Waals surface area (Å²) in [6.45, 7) is 4.84. The van der Waals surface area contributed by atoms with Gasteiger partial charge in [0, 0.05) is 38.1 Å². The Labute approximate surface area is 155 Å². The number of benzene rings is 1. The van der Waals surface area contributed by atoms with E-state index >= 15 is 0 Å². The molecule has 0 spiro atoms. The Hall–Kier alpha value is -1.79. The van der Waals surface area contributed by atoms with Crippen molar-refractivity contribution in [3.05, 3.63) is 23.3 Å². The van der Waals surface area contributed by atoms with Crippen LogP contribution in [0.2, 0.25) is 0 Å². The minimum Gasteiger partial charge on any atom is -0.493 e. The second-order valence-electron chi connectivity index (χ2n) is 7.99. The van der Waals surface area contributed by atoms with Gasteiger partial charge in [-0.05, 0) is 42.0 Å². The molecule has 0 aliphatic carbocycles. The topological polar surface area (TPSA) is 68.0 Å². The molecule has 3 aliphatic rings. The Morgan fingerprint density at radius 3 is 2.54 bits per heavy atom. The van der Waals surface area contributed by atoms with Crippen LogP contribution in [0.25, 0.3) is 0 Å². The minimum atomic E-state index is 0.00421. The molecule has 3 aliphatic heterocycles. The molecular formula is C20H29N3O3. The first-order valence-corrected chi connectivity index (χ1v) is 9.55. The number of carbonyl (C=O) groups is 1. The van der Waals surface area contributed by atoms with Gasteiger partial charge in [-0.3, -0.25) is 9.69 Å². The molecular weight excluding hydrogens is 330 g/mol. The van der Waals surface area contributed by atoms with E-state index in [0.717, 1.165) is 44.0 Å². The van der Waals surface area contributed by atoms with Crippen molar-refractivity contribution in [3.63, 3.8) is 0 Å². The van der Waals surface area contributed by atoms with Gasteiger partial charge < -0.3 is 20.1 Å². The van der Waals surface area contributed by atoms with Gasteiger partial charge in [0.1, 0.15) is 0 Å². The first-order valence-electron chi connectivity index (χ1n) is 9.55. The number of carbonyl (C=O) groups excluding carboxylic acids is 1. The van der Waals surface area contributed by atoms with Crippen molar-refractivity contribution in [2.75, 3.05) is 33.9 Å². The number of hydrogen-bond donors (Lipinski definition) is 1. The van der Waals surface area contributed by atoms with Gasteiger partial charge in [0.2, 0.25) is 5.91 Å². The lowest BCUT2D eigenvalue weighted by atomic mass is 9.83. The van der Waals surface area contributed by atoms with Crippen molar-refractivity contribution in [1.82, 2.24) is 9.80 Å². The maximum atomic E-state index is 12.4. The molecule has 2 fully saturated rings. The highest BCUT2D eigenvalue weighted by atomic mass is 16.5. The van der Waals surface area contributed by atoms with Crippen LogP contribution < -0.4 is 15.2 Å². The van der Waals surface area contributed by atoms with Crippen LogP contribution >= 0.6 is 0 Å². The lowest BCUT2D eigenvalue weighted by molar-refractivity contribution is -0.131. The van der Waals surface area contributed by atoms with Crippen molar-refractivity contribution in [2.24, 2.45) is 11.7 Å². The van der Waals surface area contributed by atoms with Crippen LogP contribution in [0.4, 0.5) is 0 Å². The molecule has 1 aromatic rings. The second-order valence-corrected chi connectivity index (χ2v) is 7.99. The van der Waals surface area contributed by atoms with Gasteiger partial charge in [-0.2, -0.15) is 0 Å². The van der Waals surface area contributed by atoms with Crippen LogP contribution in [0.3, 0.4) is 0 Å². The van der Waals surface area contributed by atoms with Crippen LogP contribution in [0.5, 0.6) is 11.5 Å². The summed E-state index contributed by atoms with van der Waals surface area (Å²) >= 11 is 0. The van der Waals surface area contributed by atoms with E-state index in [9.17, 15) is 4.79 Å². The Morgan fingerprint density at radius 1 is 1.15 bits per heavy atom. The fourth-order valence-electron chi connectivity index (χ4n) is 4.93. The number of amides is 1. The van der Waals surface area contributed by atoms with Crippen LogP contribution in [-0.4, -0.2) is 61.6 Å². The second kappa shape index (κ2) is 6.74. The number of piperidine rings is 1. The molecule has 142 valence electrons. The van der Waals surface area contributed by atoms with E-state index in [-0.39, 0.29) is 18.0 Å². The summed E-state index contributed by atoms with van der Waals surface area (Å²) in [7, 11) is 3.35. The standard InChI is InChI=1S/C20H29N3O3/c1-12-6-20(24)23(10-12)17-11-22-5-4-13-7-18(25-2)19(26-3)8-14(13)16(22)9-15(17)21/h7-8,12,15-17H,4-6,9-11,21H2,1-3H3/t12?,15-,16-,17-/m0/s1. The van der Waals surface area contributed by atoms with Gasteiger partial charge in [0.15, 0.2) is 11.5 Å². The Balaban J connectivity index is 1.60. The zero-order valence-electron chi connectivity index (χ0n) is 15.9. The number of rotatable bonds is 3. The number of nitrogens with zero attached hydrogens (tertiary/aromatic N) is 2. The van der Waals surface area contributed by atoms with Crippen molar-refractivity contribution in [3.8, 4) is 11.5 Å². The zero-order valence-corrected chi connectivity index (χ0v) is 15.9. The number of likely N-dealkylation sites (tertiary alicyclic amines) is 1. The largest absolute Gasteiger partial charge is 0.493 e. The highest BCUT2D eigenvalue weighted by Gasteiger charge is 2.43. The molecule has 26 heavy (non-hydrogen) atoms. The van der Waals surface area contributed by atoms with Gasteiger partial charge in [-0.25, -0.2) is 0 Å². The average molecular weight is 359 g/mol. The number of ether oxygens (including phenoxy) is 2. The normalized spacial score (nSPS) is 31.5. The predicted octanol–water partition coefficient (Wildman–Crippen LogP) is 1.57. The molecule has 0 bridgehead atoms.